The van der Waals surface area contributed by atoms with E-state index < -0.39 is 0 Å². The Bertz CT molecular complexity index is 385. The first-order valence-electron chi connectivity index (χ1n) is 10.7. The minimum Gasteiger partial charge on any atom is -0.299 e. The zero-order valence-corrected chi connectivity index (χ0v) is 16.7. The standard InChI is InChI=1S/C23H40FN/c1-3-5-7-9-11-13-19-25(20-14-12-10-8-6-4-2)21-22-15-17-23(24)18-16-22/h15-18H,3-14,19-21H2,1-2H3. The molecule has 0 bridgehead atoms. The van der Waals surface area contributed by atoms with Gasteiger partial charge in [0, 0.05) is 6.54 Å². The van der Waals surface area contributed by atoms with Crippen LogP contribution in [0.2, 0.25) is 0 Å². The average Bonchev–Trinajstić information content (AvgIpc) is 2.62. The van der Waals surface area contributed by atoms with Crippen LogP contribution in [-0.4, -0.2) is 18.0 Å². The van der Waals surface area contributed by atoms with Gasteiger partial charge in [-0.2, -0.15) is 0 Å². The molecule has 0 aliphatic rings. The fourth-order valence-corrected chi connectivity index (χ4v) is 3.35. The number of unbranched alkanes of at least 4 members (excludes halogenated alkanes) is 10. The van der Waals surface area contributed by atoms with Gasteiger partial charge in [-0.3, -0.25) is 4.90 Å². The quantitative estimate of drug-likeness (QED) is 0.282. The predicted molar refractivity (Wildman–Crippen MR) is 108 cm³/mol. The zero-order chi connectivity index (χ0) is 18.2. The Labute approximate surface area is 156 Å². The molecule has 0 atom stereocenters. The second-order valence-corrected chi connectivity index (χ2v) is 7.44. The van der Waals surface area contributed by atoms with E-state index in [9.17, 15) is 4.39 Å². The van der Waals surface area contributed by atoms with Crippen molar-refractivity contribution in [2.75, 3.05) is 13.1 Å². The summed E-state index contributed by atoms with van der Waals surface area (Å²) in [5, 5.41) is 0. The van der Waals surface area contributed by atoms with Gasteiger partial charge in [-0.25, -0.2) is 4.39 Å². The van der Waals surface area contributed by atoms with Gasteiger partial charge in [0.25, 0.3) is 0 Å². The van der Waals surface area contributed by atoms with E-state index in [1.165, 1.54) is 95.7 Å². The number of hydrogen-bond acceptors (Lipinski definition) is 1. The number of benzene rings is 1. The van der Waals surface area contributed by atoms with Crippen LogP contribution < -0.4 is 0 Å². The summed E-state index contributed by atoms with van der Waals surface area (Å²) in [6.45, 7) is 7.86. The maximum atomic E-state index is 13.1. The van der Waals surface area contributed by atoms with Crippen LogP contribution in [0, 0.1) is 5.82 Å². The number of nitrogens with zero attached hydrogens (tertiary/aromatic N) is 1. The predicted octanol–water partition coefficient (Wildman–Crippen LogP) is 7.35. The Hall–Kier alpha value is -0.890. The van der Waals surface area contributed by atoms with Crippen molar-refractivity contribution in [3.63, 3.8) is 0 Å². The van der Waals surface area contributed by atoms with E-state index in [4.69, 9.17) is 0 Å². The smallest absolute Gasteiger partial charge is 0.123 e. The number of hydrogen-bond donors (Lipinski definition) is 0. The van der Waals surface area contributed by atoms with Crippen LogP contribution in [0.4, 0.5) is 4.39 Å². The molecule has 1 aromatic rings. The Morgan fingerprint density at radius 3 is 1.56 bits per heavy atom. The van der Waals surface area contributed by atoms with Gasteiger partial charge in [0.05, 0.1) is 0 Å². The summed E-state index contributed by atoms with van der Waals surface area (Å²) in [6.07, 6.45) is 16.1. The fourth-order valence-electron chi connectivity index (χ4n) is 3.35. The molecule has 2 heteroatoms. The second-order valence-electron chi connectivity index (χ2n) is 7.44. The van der Waals surface area contributed by atoms with E-state index in [1.807, 2.05) is 12.1 Å². The Morgan fingerprint density at radius 1 is 0.640 bits per heavy atom. The van der Waals surface area contributed by atoms with Crippen molar-refractivity contribution in [3.8, 4) is 0 Å². The third kappa shape index (κ3) is 12.2. The summed E-state index contributed by atoms with van der Waals surface area (Å²) in [4.78, 5) is 2.58. The van der Waals surface area contributed by atoms with Crippen LogP contribution >= 0.6 is 0 Å². The molecule has 0 amide bonds. The van der Waals surface area contributed by atoms with Crippen LogP contribution in [0.15, 0.2) is 24.3 Å². The van der Waals surface area contributed by atoms with Gasteiger partial charge in [-0.05, 0) is 43.6 Å². The molecule has 0 saturated heterocycles. The molecule has 1 nitrogen and oxygen atoms in total. The Kier molecular flexibility index (Phi) is 13.6. The molecule has 0 heterocycles. The molecule has 0 radical (unpaired) electrons. The molecular formula is C23H40FN. The highest BCUT2D eigenvalue weighted by molar-refractivity contribution is 5.15. The van der Waals surface area contributed by atoms with Gasteiger partial charge in [0.15, 0.2) is 0 Å². The van der Waals surface area contributed by atoms with Crippen molar-refractivity contribution in [1.29, 1.82) is 0 Å². The number of rotatable bonds is 16. The molecule has 0 spiro atoms. The van der Waals surface area contributed by atoms with E-state index in [-0.39, 0.29) is 5.82 Å². The lowest BCUT2D eigenvalue weighted by Crippen LogP contribution is -2.25. The summed E-state index contributed by atoms with van der Waals surface area (Å²) in [5.74, 6) is -0.137. The highest BCUT2D eigenvalue weighted by atomic mass is 19.1. The molecule has 0 saturated carbocycles. The van der Waals surface area contributed by atoms with Crippen LogP contribution in [0.1, 0.15) is 96.5 Å². The Balaban J connectivity index is 2.31. The summed E-state index contributed by atoms with van der Waals surface area (Å²) in [7, 11) is 0. The molecule has 0 aromatic heterocycles. The van der Waals surface area contributed by atoms with Gasteiger partial charge < -0.3 is 0 Å². The van der Waals surface area contributed by atoms with Crippen LogP contribution in [0.25, 0.3) is 0 Å². The molecular weight excluding hydrogens is 309 g/mol. The molecule has 0 aliphatic carbocycles. The van der Waals surface area contributed by atoms with Crippen molar-refractivity contribution in [1.82, 2.24) is 4.90 Å². The first-order valence-corrected chi connectivity index (χ1v) is 10.7. The maximum Gasteiger partial charge on any atom is 0.123 e. The van der Waals surface area contributed by atoms with Gasteiger partial charge in [0.1, 0.15) is 5.82 Å². The van der Waals surface area contributed by atoms with Crippen LogP contribution in [0.5, 0.6) is 0 Å². The topological polar surface area (TPSA) is 3.24 Å². The molecule has 0 N–H and O–H groups in total. The molecule has 0 aliphatic heterocycles. The molecule has 1 aromatic carbocycles. The van der Waals surface area contributed by atoms with Crippen molar-refractivity contribution in [2.24, 2.45) is 0 Å². The SMILES string of the molecule is CCCCCCCCN(CCCCCCCC)Cc1ccc(F)cc1. The monoisotopic (exact) mass is 349 g/mol. The number of halogens is 1. The van der Waals surface area contributed by atoms with Gasteiger partial charge in [0.2, 0.25) is 0 Å². The third-order valence-corrected chi connectivity index (χ3v) is 4.98. The van der Waals surface area contributed by atoms with Crippen molar-refractivity contribution in [2.45, 2.75) is 97.4 Å². The second kappa shape index (κ2) is 15.4. The fraction of sp³-hybridized carbons (Fsp3) is 0.739. The van der Waals surface area contributed by atoms with Gasteiger partial charge >= 0.3 is 0 Å². The largest absolute Gasteiger partial charge is 0.299 e. The lowest BCUT2D eigenvalue weighted by molar-refractivity contribution is 0.252. The van der Waals surface area contributed by atoms with Crippen molar-refractivity contribution in [3.05, 3.63) is 35.6 Å². The molecule has 25 heavy (non-hydrogen) atoms. The summed E-state index contributed by atoms with van der Waals surface area (Å²) < 4.78 is 13.1. The summed E-state index contributed by atoms with van der Waals surface area (Å²) >= 11 is 0. The van der Waals surface area contributed by atoms with Crippen molar-refractivity contribution < 1.29 is 4.39 Å². The summed E-state index contributed by atoms with van der Waals surface area (Å²) in [6, 6.07) is 7.04. The van der Waals surface area contributed by atoms with E-state index in [1.54, 1.807) is 12.1 Å². The zero-order valence-electron chi connectivity index (χ0n) is 16.7. The highest BCUT2D eigenvalue weighted by Gasteiger charge is 2.06. The molecule has 0 unspecified atom stereocenters. The lowest BCUT2D eigenvalue weighted by Gasteiger charge is -2.22. The van der Waals surface area contributed by atoms with Crippen LogP contribution in [-0.2, 0) is 6.54 Å². The molecule has 0 fully saturated rings. The third-order valence-electron chi connectivity index (χ3n) is 4.98. The molecule has 144 valence electrons. The van der Waals surface area contributed by atoms with E-state index >= 15 is 0 Å². The van der Waals surface area contributed by atoms with Crippen molar-refractivity contribution >= 4 is 0 Å². The first kappa shape index (κ1) is 22.2. The van der Waals surface area contributed by atoms with Crippen LogP contribution in [0.3, 0.4) is 0 Å². The summed E-state index contributed by atoms with van der Waals surface area (Å²) in [5.41, 5.74) is 1.23. The van der Waals surface area contributed by atoms with E-state index in [0.29, 0.717) is 0 Å². The van der Waals surface area contributed by atoms with Gasteiger partial charge in [-0.15, -0.1) is 0 Å². The Morgan fingerprint density at radius 2 is 1.08 bits per heavy atom. The normalized spacial score (nSPS) is 11.4. The van der Waals surface area contributed by atoms with E-state index in [2.05, 4.69) is 18.7 Å². The van der Waals surface area contributed by atoms with Gasteiger partial charge in [-0.1, -0.05) is 90.2 Å². The molecule has 1 rings (SSSR count). The minimum absolute atomic E-state index is 0.137. The average molecular weight is 350 g/mol. The highest BCUT2D eigenvalue weighted by Crippen LogP contribution is 2.12. The maximum absolute atomic E-state index is 13.1. The van der Waals surface area contributed by atoms with E-state index in [0.717, 1.165) is 6.54 Å². The first-order chi connectivity index (χ1) is 12.3. The minimum atomic E-state index is -0.137. The lowest BCUT2D eigenvalue weighted by atomic mass is 10.1.